The van der Waals surface area contributed by atoms with E-state index in [0.717, 1.165) is 62.0 Å². The number of allylic oxidation sites excluding steroid dienone is 2. The number of fused-ring (bicyclic) bond motifs is 3. The molecule has 1 amide bonds. The molecule has 0 saturated heterocycles. The number of para-hydroxylation sites is 1. The molecule has 0 fully saturated rings. The third-order valence-electron chi connectivity index (χ3n) is 7.38. The summed E-state index contributed by atoms with van der Waals surface area (Å²) in [5.41, 5.74) is 7.99. The fourth-order valence-corrected chi connectivity index (χ4v) is 5.21. The van der Waals surface area contributed by atoms with Crippen molar-refractivity contribution in [3.8, 4) is 22.5 Å². The van der Waals surface area contributed by atoms with Gasteiger partial charge in [-0.2, -0.15) is 5.10 Å². The number of imidazole rings is 1. The summed E-state index contributed by atoms with van der Waals surface area (Å²) in [4.78, 5) is 30.8. The van der Waals surface area contributed by atoms with Crippen molar-refractivity contribution in [2.75, 3.05) is 6.54 Å². The fraction of sp³-hybridized carbons (Fsp3) is 0.0625. The molecular formula is C32H24N6O2. The lowest BCUT2D eigenvalue weighted by atomic mass is 10.0. The van der Waals surface area contributed by atoms with Gasteiger partial charge in [0.15, 0.2) is 0 Å². The van der Waals surface area contributed by atoms with Gasteiger partial charge < -0.3 is 4.90 Å². The Morgan fingerprint density at radius 2 is 1.68 bits per heavy atom. The van der Waals surface area contributed by atoms with Crippen molar-refractivity contribution in [2.24, 2.45) is 7.05 Å². The number of benzene rings is 3. The molecule has 0 radical (unpaired) electrons. The van der Waals surface area contributed by atoms with Crippen LogP contribution >= 0.6 is 0 Å². The summed E-state index contributed by atoms with van der Waals surface area (Å²) >= 11 is 0. The van der Waals surface area contributed by atoms with Crippen molar-refractivity contribution in [3.63, 3.8) is 0 Å². The molecule has 6 aromatic rings. The zero-order chi connectivity index (χ0) is 27.2. The second-order valence-corrected chi connectivity index (χ2v) is 9.73. The molecule has 194 valence electrons. The number of aromatic nitrogens is 5. The second kappa shape index (κ2) is 9.36. The van der Waals surface area contributed by atoms with Crippen LogP contribution in [0.5, 0.6) is 0 Å². The van der Waals surface area contributed by atoms with E-state index in [-0.39, 0.29) is 5.69 Å². The quantitative estimate of drug-likeness (QED) is 0.294. The normalized spacial score (nSPS) is 13.2. The van der Waals surface area contributed by atoms with E-state index in [1.807, 2.05) is 96.0 Å². The molecule has 0 spiro atoms. The molecule has 0 N–H and O–H groups in total. The van der Waals surface area contributed by atoms with Crippen LogP contribution in [0.2, 0.25) is 0 Å². The molecule has 0 atom stereocenters. The minimum Gasteiger partial charge on any atom is -0.318 e. The highest BCUT2D eigenvalue weighted by molar-refractivity contribution is 6.04. The zero-order valence-corrected chi connectivity index (χ0v) is 21.7. The number of hydrogen-bond acceptors (Lipinski definition) is 4. The van der Waals surface area contributed by atoms with Crippen molar-refractivity contribution in [2.45, 2.75) is 0 Å². The van der Waals surface area contributed by atoms with E-state index in [4.69, 9.17) is 0 Å². The molecule has 1 aliphatic heterocycles. The van der Waals surface area contributed by atoms with Gasteiger partial charge in [-0.25, -0.2) is 9.48 Å². The minimum absolute atomic E-state index is 0.141. The second-order valence-electron chi connectivity index (χ2n) is 9.73. The number of nitrogens with zero attached hydrogens (tertiary/aromatic N) is 6. The van der Waals surface area contributed by atoms with Crippen LogP contribution in [0.4, 0.5) is 0 Å². The van der Waals surface area contributed by atoms with Crippen LogP contribution in [0.25, 0.3) is 50.0 Å². The number of rotatable bonds is 5. The van der Waals surface area contributed by atoms with E-state index in [1.165, 1.54) is 0 Å². The SMILES string of the molecule is Cn1c(=O)n(-c2ccc(C3=CCN(C=O)C=C3)cc2)c2c3cc(-c4cnn(-c5ccccc5)c4)ccc3ncc21. The van der Waals surface area contributed by atoms with Crippen LogP contribution in [-0.2, 0) is 11.8 Å². The number of carbonyl (C=O) groups is 1. The highest BCUT2D eigenvalue weighted by atomic mass is 16.1. The van der Waals surface area contributed by atoms with Crippen LogP contribution in [-0.4, -0.2) is 41.8 Å². The van der Waals surface area contributed by atoms with Gasteiger partial charge in [-0.1, -0.05) is 42.5 Å². The van der Waals surface area contributed by atoms with Gasteiger partial charge in [-0.15, -0.1) is 0 Å². The minimum atomic E-state index is -0.141. The van der Waals surface area contributed by atoms with Crippen LogP contribution in [0, 0.1) is 0 Å². The fourth-order valence-electron chi connectivity index (χ4n) is 5.21. The first-order valence-electron chi connectivity index (χ1n) is 12.9. The summed E-state index contributed by atoms with van der Waals surface area (Å²) in [6.45, 7) is 0.533. The predicted octanol–water partition coefficient (Wildman–Crippen LogP) is 5.10. The Bertz CT molecular complexity index is 2030. The van der Waals surface area contributed by atoms with Crippen LogP contribution in [0.15, 0.2) is 115 Å². The van der Waals surface area contributed by atoms with Crippen molar-refractivity contribution in [3.05, 3.63) is 126 Å². The van der Waals surface area contributed by atoms with E-state index in [9.17, 15) is 9.59 Å². The monoisotopic (exact) mass is 524 g/mol. The van der Waals surface area contributed by atoms with Gasteiger partial charge in [0.2, 0.25) is 6.41 Å². The van der Waals surface area contributed by atoms with Gasteiger partial charge in [0.25, 0.3) is 0 Å². The molecule has 8 nitrogen and oxygen atoms in total. The Morgan fingerprint density at radius 1 is 0.875 bits per heavy atom. The summed E-state index contributed by atoms with van der Waals surface area (Å²) in [5.74, 6) is 0. The predicted molar refractivity (Wildman–Crippen MR) is 156 cm³/mol. The lowest BCUT2D eigenvalue weighted by molar-refractivity contribution is -0.115. The summed E-state index contributed by atoms with van der Waals surface area (Å²) in [7, 11) is 1.77. The number of pyridine rings is 1. The average Bonchev–Trinajstić information content (AvgIpc) is 3.61. The number of carbonyl (C=O) groups excluding carboxylic acids is 1. The first kappa shape index (κ1) is 23.6. The highest BCUT2D eigenvalue weighted by Gasteiger charge is 2.17. The maximum Gasteiger partial charge on any atom is 0.333 e. The third kappa shape index (κ3) is 3.85. The van der Waals surface area contributed by atoms with E-state index >= 15 is 0 Å². The molecule has 0 unspecified atom stereocenters. The smallest absolute Gasteiger partial charge is 0.318 e. The Morgan fingerprint density at radius 3 is 2.42 bits per heavy atom. The summed E-state index contributed by atoms with van der Waals surface area (Å²) < 4.78 is 5.24. The molecule has 40 heavy (non-hydrogen) atoms. The van der Waals surface area contributed by atoms with Gasteiger partial charge in [0.1, 0.15) is 0 Å². The molecule has 0 saturated carbocycles. The van der Waals surface area contributed by atoms with Crippen LogP contribution < -0.4 is 5.69 Å². The summed E-state index contributed by atoms with van der Waals surface area (Å²) in [5, 5.41) is 5.44. The lowest BCUT2D eigenvalue weighted by Crippen LogP contribution is -2.20. The molecular weight excluding hydrogens is 500 g/mol. The van der Waals surface area contributed by atoms with Gasteiger partial charge in [0.05, 0.1) is 40.3 Å². The van der Waals surface area contributed by atoms with E-state index in [1.54, 1.807) is 33.5 Å². The van der Waals surface area contributed by atoms with Crippen LogP contribution in [0.1, 0.15) is 5.56 Å². The zero-order valence-electron chi connectivity index (χ0n) is 21.7. The van der Waals surface area contributed by atoms with Crippen molar-refractivity contribution in [1.29, 1.82) is 0 Å². The first-order valence-corrected chi connectivity index (χ1v) is 12.9. The van der Waals surface area contributed by atoms with Gasteiger partial charge in [0, 0.05) is 36.9 Å². The van der Waals surface area contributed by atoms with Crippen molar-refractivity contribution in [1.82, 2.24) is 28.8 Å². The topological polar surface area (TPSA) is 78.0 Å². The van der Waals surface area contributed by atoms with Gasteiger partial charge in [-0.05, 0) is 59.2 Å². The largest absolute Gasteiger partial charge is 0.333 e. The van der Waals surface area contributed by atoms with E-state index in [0.29, 0.717) is 6.54 Å². The van der Waals surface area contributed by atoms with Crippen LogP contribution in [0.3, 0.4) is 0 Å². The molecule has 0 aliphatic carbocycles. The van der Waals surface area contributed by atoms with Crippen molar-refractivity contribution >= 4 is 33.9 Å². The maximum atomic E-state index is 13.5. The Hall–Kier alpha value is -5.50. The van der Waals surface area contributed by atoms with E-state index < -0.39 is 0 Å². The van der Waals surface area contributed by atoms with Gasteiger partial charge >= 0.3 is 5.69 Å². The Labute approximate surface area is 229 Å². The summed E-state index contributed by atoms with van der Waals surface area (Å²) in [6.07, 6.45) is 12.1. The molecule has 1 aliphatic rings. The lowest BCUT2D eigenvalue weighted by Gasteiger charge is -2.16. The first-order chi connectivity index (χ1) is 19.6. The third-order valence-corrected chi connectivity index (χ3v) is 7.38. The summed E-state index contributed by atoms with van der Waals surface area (Å²) in [6, 6.07) is 24.0. The molecule has 8 heteroatoms. The highest BCUT2D eigenvalue weighted by Crippen LogP contribution is 2.30. The van der Waals surface area contributed by atoms with E-state index in [2.05, 4.69) is 16.1 Å². The Kier molecular flexibility index (Phi) is 5.52. The average molecular weight is 525 g/mol. The molecule has 3 aromatic carbocycles. The standard InChI is InChI=1S/C32H24N6O2/c1-35-30-19-33-29-12-9-24(25-18-34-37(20-25)26-5-3-2-4-6-26)17-28(29)31(30)38(32(35)40)27-10-7-22(8-11-27)23-13-15-36(21-39)16-14-23/h2-15,17-21H,16H2,1H3. The Balaban J connectivity index is 1.34. The maximum absolute atomic E-state index is 13.5. The molecule has 7 rings (SSSR count). The molecule has 3 aromatic heterocycles. The number of amides is 1. The molecule has 4 heterocycles. The number of aryl methyl sites for hydroxylation is 1. The number of hydrogen-bond donors (Lipinski definition) is 0. The molecule has 0 bridgehead atoms. The van der Waals surface area contributed by atoms with Crippen molar-refractivity contribution < 1.29 is 4.79 Å². The van der Waals surface area contributed by atoms with Gasteiger partial charge in [-0.3, -0.25) is 18.9 Å².